The zero-order valence-electron chi connectivity index (χ0n) is 12.7. The van der Waals surface area contributed by atoms with Crippen LogP contribution >= 0.6 is 0 Å². The van der Waals surface area contributed by atoms with Gasteiger partial charge in [-0.2, -0.15) is 0 Å². The smallest absolute Gasteiger partial charge is 0.118 e. The van der Waals surface area contributed by atoms with E-state index in [-0.39, 0.29) is 0 Å². The Balaban J connectivity index is 4.50. The molecule has 0 fully saturated rings. The van der Waals surface area contributed by atoms with Crippen molar-refractivity contribution in [2.24, 2.45) is 0 Å². The van der Waals surface area contributed by atoms with Crippen molar-refractivity contribution < 1.29 is 9.47 Å². The fraction of sp³-hybridized carbons (Fsp3) is 1.00. The van der Waals surface area contributed by atoms with Gasteiger partial charge in [-0.05, 0) is 23.9 Å². The van der Waals surface area contributed by atoms with Gasteiger partial charge in [-0.15, -0.1) is 0 Å². The molecule has 0 N–H and O–H groups in total. The van der Waals surface area contributed by atoms with Crippen molar-refractivity contribution in [2.75, 3.05) is 25.7 Å². The minimum absolute atomic E-state index is 0.719. The van der Waals surface area contributed by atoms with Gasteiger partial charge in [0.2, 0.25) is 0 Å². The molecule has 0 unspecified atom stereocenters. The summed E-state index contributed by atoms with van der Waals surface area (Å²) in [5.74, 6) is 0. The van der Waals surface area contributed by atoms with E-state index in [1.165, 1.54) is 0 Å². The van der Waals surface area contributed by atoms with Crippen LogP contribution in [0.4, 0.5) is 0 Å². The Morgan fingerprint density at radius 3 is 1.35 bits per heavy atom. The molecular weight excluding hydrogens is 228 g/mol. The number of hydrogen-bond donors (Lipinski definition) is 0. The Labute approximate surface area is 109 Å². The molecule has 104 valence electrons. The lowest BCUT2D eigenvalue weighted by molar-refractivity contribution is 0.144. The predicted octanol–water partition coefficient (Wildman–Crippen LogP) is 4.19. The van der Waals surface area contributed by atoms with Crippen LogP contribution in [-0.4, -0.2) is 33.7 Å². The summed E-state index contributed by atoms with van der Waals surface area (Å²) in [7, 11) is -1.47. The lowest BCUT2D eigenvalue weighted by Gasteiger charge is -2.38. The van der Waals surface area contributed by atoms with Crippen molar-refractivity contribution in [3.05, 3.63) is 0 Å². The first-order valence-electron chi connectivity index (χ1n) is 7.16. The molecule has 0 aliphatic heterocycles. The van der Waals surface area contributed by atoms with Crippen LogP contribution in [0.1, 0.15) is 54.4 Å². The third kappa shape index (κ3) is 5.54. The number of hydrogen-bond acceptors (Lipinski definition) is 2. The van der Waals surface area contributed by atoms with Crippen molar-refractivity contribution >= 4 is 8.07 Å². The van der Waals surface area contributed by atoms with Gasteiger partial charge in [-0.3, -0.25) is 0 Å². The molecule has 0 aliphatic rings. The van der Waals surface area contributed by atoms with Gasteiger partial charge in [-0.25, -0.2) is 0 Å². The highest BCUT2D eigenvalue weighted by Crippen LogP contribution is 2.32. The fourth-order valence-corrected chi connectivity index (χ4v) is 5.99. The first kappa shape index (κ1) is 17.1. The van der Waals surface area contributed by atoms with E-state index in [2.05, 4.69) is 41.5 Å². The summed E-state index contributed by atoms with van der Waals surface area (Å²) in [6.45, 7) is 15.5. The Morgan fingerprint density at radius 1 is 0.765 bits per heavy atom. The van der Waals surface area contributed by atoms with Crippen LogP contribution in [0, 0.1) is 0 Å². The molecule has 0 saturated heterocycles. The zero-order chi connectivity index (χ0) is 13.3. The van der Waals surface area contributed by atoms with Gasteiger partial charge in [0.15, 0.2) is 0 Å². The SMILES string of the molecule is CCCOC[Si](COCCC)(C(C)C)C(C)C. The molecule has 2 nitrogen and oxygen atoms in total. The lowest BCUT2D eigenvalue weighted by atomic mass is 10.5. The standard InChI is InChI=1S/C14H32O2Si/c1-7-9-15-11-17(13(3)4,14(5)6)12-16-10-8-2/h13-14H,7-12H2,1-6H3. The number of ether oxygens (including phenoxy) is 2. The summed E-state index contributed by atoms with van der Waals surface area (Å²) in [6, 6.07) is 0. The Hall–Kier alpha value is 0.137. The van der Waals surface area contributed by atoms with E-state index in [4.69, 9.17) is 9.47 Å². The molecule has 0 amide bonds. The van der Waals surface area contributed by atoms with Crippen molar-refractivity contribution in [3.63, 3.8) is 0 Å². The van der Waals surface area contributed by atoms with Gasteiger partial charge < -0.3 is 9.47 Å². The highest BCUT2D eigenvalue weighted by atomic mass is 28.3. The van der Waals surface area contributed by atoms with E-state index < -0.39 is 8.07 Å². The van der Waals surface area contributed by atoms with Gasteiger partial charge >= 0.3 is 0 Å². The third-order valence-electron chi connectivity index (χ3n) is 3.74. The van der Waals surface area contributed by atoms with E-state index >= 15 is 0 Å². The van der Waals surface area contributed by atoms with Crippen LogP contribution in [0.25, 0.3) is 0 Å². The molecule has 0 spiro atoms. The first-order valence-corrected chi connectivity index (χ1v) is 9.73. The Kier molecular flexibility index (Phi) is 9.19. The van der Waals surface area contributed by atoms with E-state index in [0.717, 1.165) is 49.6 Å². The molecule has 0 saturated carbocycles. The van der Waals surface area contributed by atoms with Crippen LogP contribution in [0.3, 0.4) is 0 Å². The monoisotopic (exact) mass is 260 g/mol. The van der Waals surface area contributed by atoms with E-state index in [9.17, 15) is 0 Å². The van der Waals surface area contributed by atoms with Gasteiger partial charge in [0.1, 0.15) is 8.07 Å². The molecule has 3 heteroatoms. The molecule has 0 aliphatic carbocycles. The van der Waals surface area contributed by atoms with Crippen LogP contribution in [0.5, 0.6) is 0 Å². The summed E-state index contributed by atoms with van der Waals surface area (Å²) >= 11 is 0. The minimum atomic E-state index is -1.47. The largest absolute Gasteiger partial charge is 0.385 e. The maximum absolute atomic E-state index is 5.88. The topological polar surface area (TPSA) is 18.5 Å². The highest BCUT2D eigenvalue weighted by molar-refractivity contribution is 6.82. The Morgan fingerprint density at radius 2 is 1.12 bits per heavy atom. The van der Waals surface area contributed by atoms with Crippen molar-refractivity contribution in [1.29, 1.82) is 0 Å². The average molecular weight is 260 g/mol. The second kappa shape index (κ2) is 9.12. The molecule has 0 rings (SSSR count). The number of rotatable bonds is 10. The minimum Gasteiger partial charge on any atom is -0.385 e. The van der Waals surface area contributed by atoms with Gasteiger partial charge in [0, 0.05) is 25.7 Å². The molecule has 0 heterocycles. The molecule has 0 bridgehead atoms. The van der Waals surface area contributed by atoms with Crippen molar-refractivity contribution in [1.82, 2.24) is 0 Å². The summed E-state index contributed by atoms with van der Waals surface area (Å²) < 4.78 is 11.8. The molecule has 0 atom stereocenters. The van der Waals surface area contributed by atoms with E-state index in [0.29, 0.717) is 0 Å². The van der Waals surface area contributed by atoms with Crippen LogP contribution in [-0.2, 0) is 9.47 Å². The van der Waals surface area contributed by atoms with Crippen LogP contribution in [0.2, 0.25) is 11.1 Å². The van der Waals surface area contributed by atoms with Crippen LogP contribution in [0.15, 0.2) is 0 Å². The maximum Gasteiger partial charge on any atom is 0.118 e. The third-order valence-corrected chi connectivity index (χ3v) is 9.82. The molecule has 17 heavy (non-hydrogen) atoms. The zero-order valence-corrected chi connectivity index (χ0v) is 13.7. The first-order chi connectivity index (χ1) is 8.01. The van der Waals surface area contributed by atoms with Gasteiger partial charge in [0.05, 0.1) is 0 Å². The lowest BCUT2D eigenvalue weighted by Crippen LogP contribution is -2.51. The summed E-state index contributed by atoms with van der Waals surface area (Å²) in [5, 5.41) is 0. The average Bonchev–Trinajstić information content (AvgIpc) is 2.26. The predicted molar refractivity (Wildman–Crippen MR) is 78.2 cm³/mol. The summed E-state index contributed by atoms with van der Waals surface area (Å²) in [5.41, 5.74) is 1.44. The van der Waals surface area contributed by atoms with Gasteiger partial charge in [-0.1, -0.05) is 41.5 Å². The fourth-order valence-electron chi connectivity index (χ4n) is 2.19. The quantitative estimate of drug-likeness (QED) is 0.433. The molecule has 0 aromatic heterocycles. The molecular formula is C14H32O2Si. The highest BCUT2D eigenvalue weighted by Gasteiger charge is 2.40. The second-order valence-electron chi connectivity index (χ2n) is 5.65. The summed E-state index contributed by atoms with van der Waals surface area (Å²) in [4.78, 5) is 0. The van der Waals surface area contributed by atoms with E-state index in [1.807, 2.05) is 0 Å². The normalized spacial score (nSPS) is 12.7. The molecule has 0 aromatic carbocycles. The molecule has 0 aromatic rings. The maximum atomic E-state index is 5.88. The molecule has 0 radical (unpaired) electrons. The van der Waals surface area contributed by atoms with Gasteiger partial charge in [0.25, 0.3) is 0 Å². The van der Waals surface area contributed by atoms with Crippen LogP contribution < -0.4 is 0 Å². The summed E-state index contributed by atoms with van der Waals surface area (Å²) in [6.07, 6.45) is 4.13. The van der Waals surface area contributed by atoms with Crippen molar-refractivity contribution in [3.8, 4) is 0 Å². The Bertz CT molecular complexity index is 161. The van der Waals surface area contributed by atoms with E-state index in [1.54, 1.807) is 0 Å². The second-order valence-corrected chi connectivity index (χ2v) is 11.0. The van der Waals surface area contributed by atoms with Crippen molar-refractivity contribution in [2.45, 2.75) is 65.5 Å².